The van der Waals surface area contributed by atoms with Crippen molar-refractivity contribution in [3.05, 3.63) is 47.7 Å². The van der Waals surface area contributed by atoms with Gasteiger partial charge in [-0.05, 0) is 18.9 Å². The molecule has 0 aliphatic rings. The highest BCUT2D eigenvalue weighted by atomic mass is 16.5. The Hall–Kier alpha value is -2.63. The van der Waals surface area contributed by atoms with Gasteiger partial charge in [0.1, 0.15) is 12.2 Å². The first-order chi connectivity index (χ1) is 10.1. The lowest BCUT2D eigenvalue weighted by Gasteiger charge is -2.05. The number of carbonyl (C=O) groups is 2. The van der Waals surface area contributed by atoms with E-state index in [0.29, 0.717) is 18.1 Å². The molecule has 2 N–H and O–H groups in total. The number of nitrogens with one attached hydrogen (secondary N) is 2. The zero-order chi connectivity index (χ0) is 15.1. The largest absolute Gasteiger partial charge is 0.360 e. The molecule has 0 bridgehead atoms. The lowest BCUT2D eigenvalue weighted by atomic mass is 10.1. The standard InChI is InChI=1S/C15H17N3O3/c1-11-9-13(18-21-11)17-15(20)10-14(19)16-8-7-12-5-3-2-4-6-12/h2-6,9H,7-8,10H2,1H3,(H,16,19)(H,17,18,20). The molecule has 0 aliphatic carbocycles. The van der Waals surface area contributed by atoms with Crippen molar-refractivity contribution in [1.82, 2.24) is 10.5 Å². The SMILES string of the molecule is Cc1cc(NC(=O)CC(=O)NCCc2ccccc2)no1. The van der Waals surface area contributed by atoms with Gasteiger partial charge in [0.15, 0.2) is 5.82 Å². The molecule has 0 atom stereocenters. The monoisotopic (exact) mass is 287 g/mol. The van der Waals surface area contributed by atoms with E-state index in [4.69, 9.17) is 4.52 Å². The van der Waals surface area contributed by atoms with Gasteiger partial charge >= 0.3 is 0 Å². The van der Waals surface area contributed by atoms with Gasteiger partial charge in [-0.25, -0.2) is 0 Å². The van der Waals surface area contributed by atoms with E-state index in [9.17, 15) is 9.59 Å². The van der Waals surface area contributed by atoms with Crippen molar-refractivity contribution in [2.75, 3.05) is 11.9 Å². The minimum atomic E-state index is -0.416. The van der Waals surface area contributed by atoms with Crippen LogP contribution in [0.4, 0.5) is 5.82 Å². The minimum Gasteiger partial charge on any atom is -0.360 e. The van der Waals surface area contributed by atoms with E-state index in [1.54, 1.807) is 13.0 Å². The number of aryl methyl sites for hydroxylation is 1. The average Bonchev–Trinajstić information content (AvgIpc) is 2.85. The van der Waals surface area contributed by atoms with Crippen LogP contribution >= 0.6 is 0 Å². The third-order valence-corrected chi connectivity index (χ3v) is 2.80. The average molecular weight is 287 g/mol. The van der Waals surface area contributed by atoms with E-state index < -0.39 is 5.91 Å². The van der Waals surface area contributed by atoms with Gasteiger partial charge in [0.25, 0.3) is 0 Å². The van der Waals surface area contributed by atoms with Crippen molar-refractivity contribution in [1.29, 1.82) is 0 Å². The van der Waals surface area contributed by atoms with Crippen LogP contribution in [0.5, 0.6) is 0 Å². The van der Waals surface area contributed by atoms with Crippen molar-refractivity contribution >= 4 is 17.6 Å². The Balaban J connectivity index is 1.68. The Bertz CT molecular complexity index is 608. The maximum Gasteiger partial charge on any atom is 0.235 e. The normalized spacial score (nSPS) is 10.1. The highest BCUT2D eigenvalue weighted by Crippen LogP contribution is 2.07. The Morgan fingerprint density at radius 2 is 1.95 bits per heavy atom. The first kappa shape index (κ1) is 14.8. The van der Waals surface area contributed by atoms with Crippen LogP contribution in [0.3, 0.4) is 0 Å². The summed E-state index contributed by atoms with van der Waals surface area (Å²) in [6.07, 6.45) is 0.497. The van der Waals surface area contributed by atoms with Crippen LogP contribution in [-0.2, 0) is 16.0 Å². The van der Waals surface area contributed by atoms with Crippen LogP contribution in [0.15, 0.2) is 40.9 Å². The number of carbonyl (C=O) groups excluding carboxylic acids is 2. The van der Waals surface area contributed by atoms with E-state index in [-0.39, 0.29) is 12.3 Å². The van der Waals surface area contributed by atoms with E-state index in [2.05, 4.69) is 15.8 Å². The minimum absolute atomic E-state index is 0.235. The molecule has 0 radical (unpaired) electrons. The number of anilines is 1. The van der Waals surface area contributed by atoms with Crippen LogP contribution in [0.2, 0.25) is 0 Å². The number of nitrogens with zero attached hydrogens (tertiary/aromatic N) is 1. The van der Waals surface area contributed by atoms with Crippen LogP contribution in [-0.4, -0.2) is 23.5 Å². The fourth-order valence-electron chi connectivity index (χ4n) is 1.81. The van der Waals surface area contributed by atoms with Crippen LogP contribution in [0.1, 0.15) is 17.7 Å². The second-order valence-electron chi connectivity index (χ2n) is 4.63. The van der Waals surface area contributed by atoms with Gasteiger partial charge in [-0.15, -0.1) is 0 Å². The zero-order valence-electron chi connectivity index (χ0n) is 11.8. The number of rotatable bonds is 6. The quantitative estimate of drug-likeness (QED) is 0.792. The zero-order valence-corrected chi connectivity index (χ0v) is 11.8. The Morgan fingerprint density at radius 1 is 1.19 bits per heavy atom. The van der Waals surface area contributed by atoms with Gasteiger partial charge in [-0.2, -0.15) is 0 Å². The van der Waals surface area contributed by atoms with E-state index in [1.807, 2.05) is 30.3 Å². The molecule has 2 rings (SSSR count). The van der Waals surface area contributed by atoms with Gasteiger partial charge in [-0.1, -0.05) is 35.5 Å². The van der Waals surface area contributed by atoms with E-state index in [1.165, 1.54) is 0 Å². The fourth-order valence-corrected chi connectivity index (χ4v) is 1.81. The smallest absolute Gasteiger partial charge is 0.235 e. The van der Waals surface area contributed by atoms with Gasteiger partial charge in [0, 0.05) is 12.6 Å². The highest BCUT2D eigenvalue weighted by Gasteiger charge is 2.11. The summed E-state index contributed by atoms with van der Waals surface area (Å²) in [5, 5.41) is 8.83. The predicted molar refractivity (Wildman–Crippen MR) is 77.6 cm³/mol. The molecule has 0 saturated heterocycles. The van der Waals surface area contributed by atoms with Gasteiger partial charge < -0.3 is 15.2 Å². The van der Waals surface area contributed by atoms with Crippen LogP contribution in [0.25, 0.3) is 0 Å². The second kappa shape index (κ2) is 7.23. The maximum atomic E-state index is 11.6. The molecule has 0 saturated carbocycles. The van der Waals surface area contributed by atoms with Crippen molar-refractivity contribution in [2.45, 2.75) is 19.8 Å². The number of benzene rings is 1. The second-order valence-corrected chi connectivity index (χ2v) is 4.63. The fraction of sp³-hybridized carbons (Fsp3) is 0.267. The van der Waals surface area contributed by atoms with Gasteiger partial charge in [-0.3, -0.25) is 9.59 Å². The number of aromatic nitrogens is 1. The highest BCUT2D eigenvalue weighted by molar-refractivity contribution is 6.03. The summed E-state index contributed by atoms with van der Waals surface area (Å²) in [6, 6.07) is 11.4. The van der Waals surface area contributed by atoms with Crippen LogP contribution < -0.4 is 10.6 Å². The molecule has 6 nitrogen and oxygen atoms in total. The molecule has 6 heteroatoms. The van der Waals surface area contributed by atoms with Crippen molar-refractivity contribution in [3.63, 3.8) is 0 Å². The summed E-state index contributed by atoms with van der Waals surface area (Å²) in [5.41, 5.74) is 1.14. The number of hydrogen-bond donors (Lipinski definition) is 2. The maximum absolute atomic E-state index is 11.6. The Labute approximate surface area is 122 Å². The molecule has 2 aromatic rings. The Morgan fingerprint density at radius 3 is 2.62 bits per heavy atom. The summed E-state index contributed by atoms with van der Waals surface area (Å²) in [6.45, 7) is 2.22. The molecule has 1 heterocycles. The first-order valence-electron chi connectivity index (χ1n) is 6.67. The van der Waals surface area contributed by atoms with Crippen molar-refractivity contribution in [2.24, 2.45) is 0 Å². The molecule has 0 spiro atoms. The summed E-state index contributed by atoms with van der Waals surface area (Å²) in [7, 11) is 0. The molecule has 2 amide bonds. The lowest BCUT2D eigenvalue weighted by molar-refractivity contribution is -0.126. The molecule has 0 fully saturated rings. The molecule has 1 aromatic carbocycles. The third-order valence-electron chi connectivity index (χ3n) is 2.80. The number of hydrogen-bond acceptors (Lipinski definition) is 4. The van der Waals surface area contributed by atoms with Gasteiger partial charge in [0.05, 0.1) is 0 Å². The number of amides is 2. The Kier molecular flexibility index (Phi) is 5.09. The topological polar surface area (TPSA) is 84.2 Å². The molecule has 21 heavy (non-hydrogen) atoms. The summed E-state index contributed by atoms with van der Waals surface area (Å²) >= 11 is 0. The summed E-state index contributed by atoms with van der Waals surface area (Å²) in [5.74, 6) is 0.177. The molecule has 0 unspecified atom stereocenters. The molecule has 0 aliphatic heterocycles. The molecular formula is C15H17N3O3. The van der Waals surface area contributed by atoms with Crippen LogP contribution in [0, 0.1) is 6.92 Å². The van der Waals surface area contributed by atoms with E-state index >= 15 is 0 Å². The summed E-state index contributed by atoms with van der Waals surface area (Å²) in [4.78, 5) is 23.2. The third kappa shape index (κ3) is 5.10. The molecular weight excluding hydrogens is 270 g/mol. The molecule has 110 valence electrons. The van der Waals surface area contributed by atoms with Crippen molar-refractivity contribution < 1.29 is 14.1 Å². The van der Waals surface area contributed by atoms with Crippen molar-refractivity contribution in [3.8, 4) is 0 Å². The lowest BCUT2D eigenvalue weighted by Crippen LogP contribution is -2.29. The van der Waals surface area contributed by atoms with E-state index in [0.717, 1.165) is 12.0 Å². The van der Waals surface area contributed by atoms with Gasteiger partial charge in [0.2, 0.25) is 11.8 Å². The molecule has 1 aromatic heterocycles. The predicted octanol–water partition coefficient (Wildman–Crippen LogP) is 1.67. The first-order valence-corrected chi connectivity index (χ1v) is 6.67. The summed E-state index contributed by atoms with van der Waals surface area (Å²) < 4.78 is 4.82.